The number of hydrogen-bond donors (Lipinski definition) is 1. The number of benzene rings is 1. The zero-order valence-corrected chi connectivity index (χ0v) is 11.9. The molecule has 90 valence electrons. The molecular weight excluding hydrogens is 262 g/mol. The van der Waals surface area contributed by atoms with Gasteiger partial charge in [0.15, 0.2) is 0 Å². The minimum Gasteiger partial charge on any atom is -0.314 e. The summed E-state index contributed by atoms with van der Waals surface area (Å²) < 4.78 is 1.16. The van der Waals surface area contributed by atoms with E-state index >= 15 is 0 Å². The largest absolute Gasteiger partial charge is 0.314 e. The second-order valence-corrected chi connectivity index (χ2v) is 5.19. The highest BCUT2D eigenvalue weighted by atomic mass is 79.9. The van der Waals surface area contributed by atoms with Crippen LogP contribution in [0.5, 0.6) is 0 Å². The first-order chi connectivity index (χ1) is 7.76. The van der Waals surface area contributed by atoms with Crippen LogP contribution in [-0.2, 0) is 6.42 Å². The summed E-state index contributed by atoms with van der Waals surface area (Å²) in [5.74, 6) is 0. The first kappa shape index (κ1) is 13.7. The van der Waals surface area contributed by atoms with Crippen LogP contribution in [0, 0.1) is 0 Å². The standard InChI is InChI=1S/C14H22BrN/c1-3-5-14(16-10-4-2)11-12-6-8-13(15)9-7-12/h6-9,14,16H,3-5,10-11H2,1-2H3. The summed E-state index contributed by atoms with van der Waals surface area (Å²) >= 11 is 3.47. The van der Waals surface area contributed by atoms with E-state index in [-0.39, 0.29) is 0 Å². The first-order valence-corrected chi connectivity index (χ1v) is 7.03. The van der Waals surface area contributed by atoms with Gasteiger partial charge < -0.3 is 5.32 Å². The molecule has 0 fully saturated rings. The number of halogens is 1. The lowest BCUT2D eigenvalue weighted by molar-refractivity contribution is 0.473. The highest BCUT2D eigenvalue weighted by molar-refractivity contribution is 9.10. The lowest BCUT2D eigenvalue weighted by Gasteiger charge is -2.17. The normalized spacial score (nSPS) is 12.7. The summed E-state index contributed by atoms with van der Waals surface area (Å²) in [4.78, 5) is 0. The van der Waals surface area contributed by atoms with Gasteiger partial charge in [-0.2, -0.15) is 0 Å². The Morgan fingerprint density at radius 3 is 2.38 bits per heavy atom. The maximum atomic E-state index is 3.62. The van der Waals surface area contributed by atoms with Gasteiger partial charge in [0.1, 0.15) is 0 Å². The summed E-state index contributed by atoms with van der Waals surface area (Å²) in [7, 11) is 0. The van der Waals surface area contributed by atoms with Crippen molar-refractivity contribution < 1.29 is 0 Å². The fourth-order valence-electron chi connectivity index (χ4n) is 1.88. The van der Waals surface area contributed by atoms with Gasteiger partial charge in [0.25, 0.3) is 0 Å². The second kappa shape index (κ2) is 7.86. The van der Waals surface area contributed by atoms with Gasteiger partial charge in [-0.3, -0.25) is 0 Å². The zero-order valence-electron chi connectivity index (χ0n) is 10.3. The SMILES string of the molecule is CCCNC(CCC)Cc1ccc(Br)cc1. The van der Waals surface area contributed by atoms with E-state index in [2.05, 4.69) is 59.4 Å². The molecular formula is C14H22BrN. The molecule has 0 bridgehead atoms. The maximum Gasteiger partial charge on any atom is 0.0175 e. The molecule has 0 aliphatic carbocycles. The lowest BCUT2D eigenvalue weighted by Crippen LogP contribution is -2.31. The van der Waals surface area contributed by atoms with Crippen molar-refractivity contribution in [3.8, 4) is 0 Å². The molecule has 0 saturated heterocycles. The Balaban J connectivity index is 2.49. The molecule has 0 aromatic heterocycles. The smallest absolute Gasteiger partial charge is 0.0175 e. The lowest BCUT2D eigenvalue weighted by atomic mass is 10.0. The molecule has 0 spiro atoms. The monoisotopic (exact) mass is 283 g/mol. The summed E-state index contributed by atoms with van der Waals surface area (Å²) in [6.45, 7) is 5.60. The van der Waals surface area contributed by atoms with Crippen molar-refractivity contribution >= 4 is 15.9 Å². The van der Waals surface area contributed by atoms with Gasteiger partial charge >= 0.3 is 0 Å². The molecule has 0 radical (unpaired) electrons. The summed E-state index contributed by atoms with van der Waals surface area (Å²) in [6, 6.07) is 9.29. The van der Waals surface area contributed by atoms with Crippen molar-refractivity contribution in [3.63, 3.8) is 0 Å². The van der Waals surface area contributed by atoms with Crippen LogP contribution in [0.25, 0.3) is 0 Å². The highest BCUT2D eigenvalue weighted by Crippen LogP contribution is 2.13. The average Bonchev–Trinajstić information content (AvgIpc) is 2.29. The predicted molar refractivity (Wildman–Crippen MR) is 74.8 cm³/mol. The van der Waals surface area contributed by atoms with Crippen molar-refractivity contribution in [2.45, 2.75) is 45.6 Å². The summed E-state index contributed by atoms with van der Waals surface area (Å²) in [6.07, 6.45) is 4.86. The second-order valence-electron chi connectivity index (χ2n) is 4.27. The zero-order chi connectivity index (χ0) is 11.8. The molecule has 0 amide bonds. The maximum absolute atomic E-state index is 3.62. The summed E-state index contributed by atoms with van der Waals surface area (Å²) in [5.41, 5.74) is 1.42. The Kier molecular flexibility index (Phi) is 6.74. The third kappa shape index (κ3) is 5.13. The molecule has 1 atom stereocenters. The van der Waals surface area contributed by atoms with Crippen molar-refractivity contribution in [2.24, 2.45) is 0 Å². The Morgan fingerprint density at radius 1 is 1.12 bits per heavy atom. The van der Waals surface area contributed by atoms with Crippen LogP contribution in [0.2, 0.25) is 0 Å². The van der Waals surface area contributed by atoms with Crippen molar-refractivity contribution in [1.29, 1.82) is 0 Å². The quantitative estimate of drug-likeness (QED) is 0.792. The van der Waals surface area contributed by atoms with E-state index in [0.717, 1.165) is 17.4 Å². The van der Waals surface area contributed by atoms with Gasteiger partial charge in [-0.15, -0.1) is 0 Å². The van der Waals surface area contributed by atoms with Gasteiger partial charge in [0.05, 0.1) is 0 Å². The van der Waals surface area contributed by atoms with Crippen LogP contribution >= 0.6 is 15.9 Å². The van der Waals surface area contributed by atoms with Crippen molar-refractivity contribution in [1.82, 2.24) is 5.32 Å². The summed E-state index contributed by atoms with van der Waals surface area (Å²) in [5, 5.41) is 3.62. The molecule has 1 unspecified atom stereocenters. The van der Waals surface area contributed by atoms with E-state index in [4.69, 9.17) is 0 Å². The predicted octanol–water partition coefficient (Wildman–Crippen LogP) is 4.16. The van der Waals surface area contributed by atoms with Crippen LogP contribution in [0.1, 0.15) is 38.7 Å². The third-order valence-corrected chi connectivity index (χ3v) is 3.24. The number of nitrogens with one attached hydrogen (secondary N) is 1. The van der Waals surface area contributed by atoms with Crippen molar-refractivity contribution in [2.75, 3.05) is 6.54 Å². The Morgan fingerprint density at radius 2 is 1.81 bits per heavy atom. The highest BCUT2D eigenvalue weighted by Gasteiger charge is 2.07. The van der Waals surface area contributed by atoms with E-state index in [1.54, 1.807) is 0 Å². The average molecular weight is 284 g/mol. The van der Waals surface area contributed by atoms with E-state index < -0.39 is 0 Å². The minimum atomic E-state index is 0.631. The molecule has 1 nitrogen and oxygen atoms in total. The van der Waals surface area contributed by atoms with Crippen LogP contribution in [0.4, 0.5) is 0 Å². The minimum absolute atomic E-state index is 0.631. The molecule has 1 aromatic rings. The fraction of sp³-hybridized carbons (Fsp3) is 0.571. The van der Waals surface area contributed by atoms with Crippen LogP contribution in [0.15, 0.2) is 28.7 Å². The van der Waals surface area contributed by atoms with Gasteiger partial charge in [-0.25, -0.2) is 0 Å². The molecule has 1 rings (SSSR count). The molecule has 16 heavy (non-hydrogen) atoms. The first-order valence-electron chi connectivity index (χ1n) is 6.24. The van der Waals surface area contributed by atoms with E-state index in [9.17, 15) is 0 Å². The van der Waals surface area contributed by atoms with E-state index in [1.807, 2.05) is 0 Å². The van der Waals surface area contributed by atoms with Gasteiger partial charge in [0, 0.05) is 10.5 Å². The van der Waals surface area contributed by atoms with Crippen LogP contribution < -0.4 is 5.32 Å². The molecule has 0 aliphatic heterocycles. The van der Waals surface area contributed by atoms with Crippen molar-refractivity contribution in [3.05, 3.63) is 34.3 Å². The Bertz CT molecular complexity index is 281. The fourth-order valence-corrected chi connectivity index (χ4v) is 2.14. The van der Waals surface area contributed by atoms with Gasteiger partial charge in [0.2, 0.25) is 0 Å². The molecule has 0 heterocycles. The van der Waals surface area contributed by atoms with Crippen LogP contribution in [0.3, 0.4) is 0 Å². The molecule has 1 N–H and O–H groups in total. The molecule has 0 saturated carbocycles. The third-order valence-electron chi connectivity index (χ3n) is 2.72. The number of hydrogen-bond acceptors (Lipinski definition) is 1. The van der Waals surface area contributed by atoms with E-state index in [1.165, 1.54) is 24.8 Å². The van der Waals surface area contributed by atoms with E-state index in [0.29, 0.717) is 6.04 Å². The topological polar surface area (TPSA) is 12.0 Å². The Hall–Kier alpha value is -0.340. The Labute approximate surface area is 108 Å². The van der Waals surface area contributed by atoms with Gasteiger partial charge in [-0.05, 0) is 43.5 Å². The number of rotatable bonds is 7. The van der Waals surface area contributed by atoms with Gasteiger partial charge in [-0.1, -0.05) is 48.3 Å². The van der Waals surface area contributed by atoms with Crippen LogP contribution in [-0.4, -0.2) is 12.6 Å². The molecule has 0 aliphatic rings. The molecule has 1 aromatic carbocycles. The molecule has 2 heteroatoms.